The number of piperidine rings is 1. The molecule has 2 heterocycles. The molecule has 0 aromatic carbocycles. The highest BCUT2D eigenvalue weighted by molar-refractivity contribution is 7.86. The Kier molecular flexibility index (Phi) is 4.03. The lowest BCUT2D eigenvalue weighted by atomic mass is 10.1. The van der Waals surface area contributed by atoms with Crippen LogP contribution in [0.4, 0.5) is 0 Å². The molecule has 2 rings (SSSR count). The van der Waals surface area contributed by atoms with Gasteiger partial charge in [-0.25, -0.2) is 9.48 Å². The molecule has 1 aromatic rings. The Hall–Kier alpha value is -1.19. The molecule has 0 bridgehead atoms. The monoisotopic (exact) mass is 303 g/mol. The predicted octanol–water partition coefficient (Wildman–Crippen LogP) is -0.666. The van der Waals surface area contributed by atoms with Gasteiger partial charge >= 0.3 is 5.69 Å². The SMILES string of the molecule is Cc1nn(C)c(=O)n1C1CCN(S(=O)(=O)N(C)C)CC1. The maximum atomic E-state index is 12.0. The summed E-state index contributed by atoms with van der Waals surface area (Å²) in [4.78, 5) is 12.0. The lowest BCUT2D eigenvalue weighted by molar-refractivity contribution is 0.257. The first-order valence-corrected chi connectivity index (χ1v) is 7.94. The zero-order chi connectivity index (χ0) is 15.1. The normalized spacial score (nSPS) is 18.9. The molecule has 1 fully saturated rings. The minimum Gasteiger partial charge on any atom is -0.276 e. The summed E-state index contributed by atoms with van der Waals surface area (Å²) in [5.74, 6) is 0.673. The van der Waals surface area contributed by atoms with E-state index >= 15 is 0 Å². The lowest BCUT2D eigenvalue weighted by Gasteiger charge is -2.33. The van der Waals surface area contributed by atoms with Crippen molar-refractivity contribution in [1.29, 1.82) is 0 Å². The topological polar surface area (TPSA) is 80.4 Å². The van der Waals surface area contributed by atoms with Crippen molar-refractivity contribution >= 4 is 10.2 Å². The van der Waals surface area contributed by atoms with E-state index in [-0.39, 0.29) is 11.7 Å². The van der Waals surface area contributed by atoms with Crippen LogP contribution in [0.5, 0.6) is 0 Å². The van der Waals surface area contributed by atoms with Crippen LogP contribution in [0.2, 0.25) is 0 Å². The van der Waals surface area contributed by atoms with Gasteiger partial charge in [-0.3, -0.25) is 4.57 Å². The maximum absolute atomic E-state index is 12.0. The number of aryl methyl sites for hydroxylation is 2. The first-order valence-electron chi connectivity index (χ1n) is 6.55. The van der Waals surface area contributed by atoms with E-state index in [1.165, 1.54) is 27.4 Å². The highest BCUT2D eigenvalue weighted by atomic mass is 32.2. The van der Waals surface area contributed by atoms with E-state index in [0.717, 1.165) is 0 Å². The Labute approximate surface area is 118 Å². The third kappa shape index (κ3) is 2.52. The van der Waals surface area contributed by atoms with Crippen molar-refractivity contribution in [3.63, 3.8) is 0 Å². The van der Waals surface area contributed by atoms with Gasteiger partial charge in [0.2, 0.25) is 0 Å². The van der Waals surface area contributed by atoms with Gasteiger partial charge in [0.15, 0.2) is 0 Å². The molecule has 114 valence electrons. The Balaban J connectivity index is 2.15. The standard InChI is InChI=1S/C11H21N5O3S/c1-9-12-14(4)11(17)16(9)10-5-7-15(8-6-10)20(18,19)13(2)3/h10H,5-8H2,1-4H3. The second kappa shape index (κ2) is 5.30. The fourth-order valence-corrected chi connectivity index (χ4v) is 3.72. The van der Waals surface area contributed by atoms with Gasteiger partial charge in [-0.15, -0.1) is 0 Å². The van der Waals surface area contributed by atoms with Crippen LogP contribution in [-0.2, 0) is 17.3 Å². The minimum atomic E-state index is -3.36. The Bertz CT molecular complexity index is 638. The molecular weight excluding hydrogens is 282 g/mol. The summed E-state index contributed by atoms with van der Waals surface area (Å²) < 4.78 is 29.7. The summed E-state index contributed by atoms with van der Waals surface area (Å²) in [6, 6.07) is 0.0183. The lowest BCUT2D eigenvalue weighted by Crippen LogP contribution is -2.45. The quantitative estimate of drug-likeness (QED) is 0.742. The van der Waals surface area contributed by atoms with Gasteiger partial charge in [0, 0.05) is 40.3 Å². The zero-order valence-corrected chi connectivity index (χ0v) is 13.1. The Morgan fingerprint density at radius 1 is 1.25 bits per heavy atom. The van der Waals surface area contributed by atoms with E-state index in [2.05, 4.69) is 5.10 Å². The van der Waals surface area contributed by atoms with Crippen molar-refractivity contribution in [2.75, 3.05) is 27.2 Å². The number of hydrogen-bond donors (Lipinski definition) is 0. The van der Waals surface area contributed by atoms with Crippen molar-refractivity contribution < 1.29 is 8.42 Å². The molecule has 0 spiro atoms. The van der Waals surface area contributed by atoms with Crippen LogP contribution in [0, 0.1) is 6.92 Å². The molecule has 8 nitrogen and oxygen atoms in total. The van der Waals surface area contributed by atoms with E-state index in [1.807, 2.05) is 0 Å². The number of aromatic nitrogens is 3. The molecule has 1 aliphatic rings. The third-order valence-corrected chi connectivity index (χ3v) is 5.64. The molecule has 0 unspecified atom stereocenters. The molecule has 0 saturated carbocycles. The number of nitrogens with zero attached hydrogens (tertiary/aromatic N) is 5. The van der Waals surface area contributed by atoms with E-state index in [4.69, 9.17) is 0 Å². The second-order valence-corrected chi connectivity index (χ2v) is 7.39. The average Bonchev–Trinajstić information content (AvgIpc) is 2.63. The number of hydrogen-bond acceptors (Lipinski definition) is 4. The molecule has 20 heavy (non-hydrogen) atoms. The highest BCUT2D eigenvalue weighted by Crippen LogP contribution is 2.24. The van der Waals surface area contributed by atoms with E-state index in [1.54, 1.807) is 18.5 Å². The van der Waals surface area contributed by atoms with Crippen molar-refractivity contribution in [2.24, 2.45) is 7.05 Å². The molecule has 0 N–H and O–H groups in total. The summed E-state index contributed by atoms with van der Waals surface area (Å²) in [7, 11) is 1.31. The number of rotatable bonds is 3. The van der Waals surface area contributed by atoms with Gasteiger partial charge in [-0.05, 0) is 19.8 Å². The molecule has 0 amide bonds. The molecule has 1 aliphatic heterocycles. The van der Waals surface area contributed by atoms with Crippen LogP contribution < -0.4 is 5.69 Å². The average molecular weight is 303 g/mol. The summed E-state index contributed by atoms with van der Waals surface area (Å²) in [6.07, 6.45) is 1.25. The van der Waals surface area contributed by atoms with Crippen molar-refractivity contribution in [1.82, 2.24) is 23.0 Å². The van der Waals surface area contributed by atoms with Crippen LogP contribution in [0.1, 0.15) is 24.7 Å². The van der Waals surface area contributed by atoms with Crippen molar-refractivity contribution in [2.45, 2.75) is 25.8 Å². The van der Waals surface area contributed by atoms with Gasteiger partial charge in [0.25, 0.3) is 10.2 Å². The highest BCUT2D eigenvalue weighted by Gasteiger charge is 2.31. The maximum Gasteiger partial charge on any atom is 0.345 e. The predicted molar refractivity (Wildman–Crippen MR) is 74.7 cm³/mol. The van der Waals surface area contributed by atoms with Gasteiger partial charge in [-0.2, -0.15) is 22.1 Å². The third-order valence-electron chi connectivity index (χ3n) is 3.70. The van der Waals surface area contributed by atoms with Crippen molar-refractivity contribution in [3.8, 4) is 0 Å². The second-order valence-electron chi connectivity index (χ2n) is 5.24. The fourth-order valence-electron chi connectivity index (χ4n) is 2.58. The van der Waals surface area contributed by atoms with Gasteiger partial charge in [-0.1, -0.05) is 0 Å². The Morgan fingerprint density at radius 3 is 2.20 bits per heavy atom. The van der Waals surface area contributed by atoms with Crippen LogP contribution in [0.25, 0.3) is 0 Å². The summed E-state index contributed by atoms with van der Waals surface area (Å²) in [6.45, 7) is 2.64. The summed E-state index contributed by atoms with van der Waals surface area (Å²) in [5.41, 5.74) is -0.142. The zero-order valence-electron chi connectivity index (χ0n) is 12.3. The first-order chi connectivity index (χ1) is 9.25. The minimum absolute atomic E-state index is 0.0183. The van der Waals surface area contributed by atoms with Gasteiger partial charge in [0.05, 0.1) is 0 Å². The first kappa shape index (κ1) is 15.2. The molecule has 9 heteroatoms. The summed E-state index contributed by atoms with van der Waals surface area (Å²) >= 11 is 0. The Morgan fingerprint density at radius 2 is 1.80 bits per heavy atom. The molecule has 0 aliphatic carbocycles. The molecule has 0 radical (unpaired) electrons. The van der Waals surface area contributed by atoms with E-state index < -0.39 is 10.2 Å². The van der Waals surface area contributed by atoms with Crippen LogP contribution in [-0.4, -0.2) is 58.6 Å². The summed E-state index contributed by atoms with van der Waals surface area (Å²) in [5, 5.41) is 4.11. The molecule has 0 atom stereocenters. The molecule has 1 saturated heterocycles. The van der Waals surface area contributed by atoms with E-state index in [9.17, 15) is 13.2 Å². The van der Waals surface area contributed by atoms with Crippen molar-refractivity contribution in [3.05, 3.63) is 16.3 Å². The van der Waals surface area contributed by atoms with Gasteiger partial charge in [0.1, 0.15) is 5.82 Å². The smallest absolute Gasteiger partial charge is 0.276 e. The van der Waals surface area contributed by atoms with Crippen LogP contribution in [0.15, 0.2) is 4.79 Å². The fraction of sp³-hybridized carbons (Fsp3) is 0.818. The largest absolute Gasteiger partial charge is 0.345 e. The molecule has 1 aromatic heterocycles. The van der Waals surface area contributed by atoms with Crippen LogP contribution >= 0.6 is 0 Å². The van der Waals surface area contributed by atoms with E-state index in [0.29, 0.717) is 31.8 Å². The molecular formula is C11H21N5O3S. The van der Waals surface area contributed by atoms with Gasteiger partial charge < -0.3 is 0 Å². The van der Waals surface area contributed by atoms with Crippen LogP contribution in [0.3, 0.4) is 0 Å².